The quantitative estimate of drug-likeness (QED) is 0.0199. The monoisotopic (exact) mass is 929 g/mol. The summed E-state index contributed by atoms with van der Waals surface area (Å²) in [6.07, 6.45) is 73.5. The first-order chi connectivity index (χ1) is 33.0. The van der Waals surface area contributed by atoms with E-state index in [0.29, 0.717) is 19.3 Å². The van der Waals surface area contributed by atoms with Crippen LogP contribution in [0.15, 0.2) is 109 Å². The summed E-state index contributed by atoms with van der Waals surface area (Å²) in [5.41, 5.74) is 0. The van der Waals surface area contributed by atoms with Crippen LogP contribution in [0.3, 0.4) is 0 Å². The standard InChI is InChI=1S/C61H100O6/c1-4-7-10-13-16-19-22-25-28-30-32-33-36-39-42-45-48-51-54-60(63)66-57-58(56-65-59(62)53-50-47-44-41-38-35-27-24-21-18-15-12-9-6-3)67-61(64)55-52-49-46-43-40-37-34-31-29-26-23-20-17-14-11-8-5-2/h9-10,12-13,16,18-19,21-22,25-30,32-33,35,58H,4-8,11,14-15,17,20,23-24,31,34,36-57H2,1-3H3/b12-9-,13-10-,19-16-,21-18-,25-22-,29-26-,30-28-,33-32-,35-27-. The van der Waals surface area contributed by atoms with Gasteiger partial charge in [-0.2, -0.15) is 0 Å². The second kappa shape index (κ2) is 54.7. The molecule has 0 N–H and O–H groups in total. The molecule has 0 spiro atoms. The molecule has 380 valence electrons. The van der Waals surface area contributed by atoms with Crippen LogP contribution in [-0.4, -0.2) is 37.2 Å². The Morgan fingerprint density at radius 3 is 1.12 bits per heavy atom. The summed E-state index contributed by atoms with van der Waals surface area (Å²) in [6, 6.07) is 0. The van der Waals surface area contributed by atoms with Crippen molar-refractivity contribution in [2.45, 2.75) is 245 Å². The van der Waals surface area contributed by atoms with Gasteiger partial charge in [-0.1, -0.05) is 233 Å². The Kier molecular flexibility index (Phi) is 51.5. The highest BCUT2D eigenvalue weighted by Gasteiger charge is 2.19. The van der Waals surface area contributed by atoms with E-state index in [-0.39, 0.29) is 31.1 Å². The van der Waals surface area contributed by atoms with Crippen molar-refractivity contribution >= 4 is 17.9 Å². The molecule has 0 saturated heterocycles. The lowest BCUT2D eigenvalue weighted by molar-refractivity contribution is -0.167. The van der Waals surface area contributed by atoms with Crippen LogP contribution in [0.4, 0.5) is 0 Å². The van der Waals surface area contributed by atoms with E-state index in [2.05, 4.69) is 106 Å². The molecule has 0 aromatic heterocycles. The SMILES string of the molecule is CC/C=C\C/C=C\C/C=C\CCCCCCC(=O)OCC(COC(=O)CCCCCCC\C=C/C=C\C=C/C=C\C=C/CCC)OC(=O)CCCCCCCCC/C=C\CCCCCCCC. The lowest BCUT2D eigenvalue weighted by atomic mass is 10.1. The molecule has 0 bridgehead atoms. The van der Waals surface area contributed by atoms with E-state index >= 15 is 0 Å². The fraction of sp³-hybridized carbons (Fsp3) is 0.656. The van der Waals surface area contributed by atoms with Gasteiger partial charge in [-0.05, 0) is 96.3 Å². The maximum Gasteiger partial charge on any atom is 0.306 e. The first kappa shape index (κ1) is 63.1. The van der Waals surface area contributed by atoms with E-state index in [4.69, 9.17) is 14.2 Å². The highest BCUT2D eigenvalue weighted by atomic mass is 16.6. The second-order valence-electron chi connectivity index (χ2n) is 17.9. The van der Waals surface area contributed by atoms with Crippen LogP contribution in [0.1, 0.15) is 239 Å². The third-order valence-corrected chi connectivity index (χ3v) is 11.3. The fourth-order valence-corrected chi connectivity index (χ4v) is 7.25. The molecule has 0 rings (SSSR count). The summed E-state index contributed by atoms with van der Waals surface area (Å²) in [6.45, 7) is 6.39. The van der Waals surface area contributed by atoms with E-state index in [9.17, 15) is 14.4 Å². The van der Waals surface area contributed by atoms with Gasteiger partial charge >= 0.3 is 17.9 Å². The molecule has 67 heavy (non-hydrogen) atoms. The summed E-state index contributed by atoms with van der Waals surface area (Å²) < 4.78 is 16.8. The van der Waals surface area contributed by atoms with Gasteiger partial charge in [0, 0.05) is 19.3 Å². The number of esters is 3. The Morgan fingerprint density at radius 1 is 0.328 bits per heavy atom. The number of hydrogen-bond acceptors (Lipinski definition) is 6. The van der Waals surface area contributed by atoms with Gasteiger partial charge in [0.15, 0.2) is 6.10 Å². The summed E-state index contributed by atoms with van der Waals surface area (Å²) >= 11 is 0. The average Bonchev–Trinajstić information content (AvgIpc) is 3.33. The normalized spacial score (nSPS) is 12.9. The smallest absolute Gasteiger partial charge is 0.306 e. The number of unbranched alkanes of at least 4 members (excludes halogenated alkanes) is 23. The van der Waals surface area contributed by atoms with Crippen molar-refractivity contribution in [2.75, 3.05) is 13.2 Å². The summed E-state index contributed by atoms with van der Waals surface area (Å²) in [5, 5.41) is 0. The summed E-state index contributed by atoms with van der Waals surface area (Å²) in [5.74, 6) is -0.953. The maximum atomic E-state index is 12.8. The van der Waals surface area contributed by atoms with Crippen LogP contribution in [0.5, 0.6) is 0 Å². The van der Waals surface area contributed by atoms with E-state index in [1.807, 2.05) is 24.3 Å². The number of allylic oxidation sites excluding steroid dienone is 18. The average molecular weight is 929 g/mol. The fourth-order valence-electron chi connectivity index (χ4n) is 7.25. The number of hydrogen-bond donors (Lipinski definition) is 0. The van der Waals surface area contributed by atoms with Gasteiger partial charge in [-0.25, -0.2) is 0 Å². The van der Waals surface area contributed by atoms with Gasteiger partial charge in [-0.15, -0.1) is 0 Å². The van der Waals surface area contributed by atoms with Crippen LogP contribution < -0.4 is 0 Å². The molecule has 0 amide bonds. The molecule has 0 saturated carbocycles. The zero-order chi connectivity index (χ0) is 48.6. The minimum atomic E-state index is -0.803. The van der Waals surface area contributed by atoms with Gasteiger partial charge in [0.2, 0.25) is 0 Å². The Morgan fingerprint density at radius 2 is 0.672 bits per heavy atom. The summed E-state index contributed by atoms with van der Waals surface area (Å²) in [7, 11) is 0. The van der Waals surface area contributed by atoms with E-state index < -0.39 is 6.10 Å². The highest BCUT2D eigenvalue weighted by molar-refractivity contribution is 5.71. The van der Waals surface area contributed by atoms with Crippen molar-refractivity contribution in [1.82, 2.24) is 0 Å². The molecule has 0 fully saturated rings. The largest absolute Gasteiger partial charge is 0.462 e. The van der Waals surface area contributed by atoms with Crippen LogP contribution in [-0.2, 0) is 28.6 Å². The van der Waals surface area contributed by atoms with Gasteiger partial charge in [-0.3, -0.25) is 14.4 Å². The number of ether oxygens (including phenoxy) is 3. The lowest BCUT2D eigenvalue weighted by Gasteiger charge is -2.18. The third-order valence-electron chi connectivity index (χ3n) is 11.3. The Hall–Kier alpha value is -3.93. The van der Waals surface area contributed by atoms with Gasteiger partial charge in [0.25, 0.3) is 0 Å². The molecule has 0 radical (unpaired) electrons. The Balaban J connectivity index is 4.49. The third kappa shape index (κ3) is 52.9. The van der Waals surface area contributed by atoms with Crippen molar-refractivity contribution in [3.8, 4) is 0 Å². The molecule has 0 aliphatic carbocycles. The topological polar surface area (TPSA) is 78.9 Å². The van der Waals surface area contributed by atoms with Crippen molar-refractivity contribution in [3.05, 3.63) is 109 Å². The molecule has 0 aliphatic heterocycles. The van der Waals surface area contributed by atoms with Crippen LogP contribution in [0, 0.1) is 0 Å². The zero-order valence-corrected chi connectivity index (χ0v) is 43.4. The molecular formula is C61H100O6. The predicted octanol–water partition coefficient (Wildman–Crippen LogP) is 18.3. The minimum Gasteiger partial charge on any atom is -0.462 e. The Bertz CT molecular complexity index is 1390. The molecular weight excluding hydrogens is 829 g/mol. The van der Waals surface area contributed by atoms with Gasteiger partial charge in [0.1, 0.15) is 13.2 Å². The molecule has 6 heteroatoms. The Labute approximate surface area is 412 Å². The lowest BCUT2D eigenvalue weighted by Crippen LogP contribution is -2.30. The molecule has 0 aliphatic rings. The minimum absolute atomic E-state index is 0.102. The molecule has 0 aromatic carbocycles. The zero-order valence-electron chi connectivity index (χ0n) is 43.4. The van der Waals surface area contributed by atoms with Gasteiger partial charge < -0.3 is 14.2 Å². The van der Waals surface area contributed by atoms with Crippen molar-refractivity contribution in [2.24, 2.45) is 0 Å². The number of carbonyl (C=O) groups is 3. The maximum absolute atomic E-state index is 12.8. The second-order valence-corrected chi connectivity index (χ2v) is 17.9. The number of rotatable bonds is 48. The number of carbonyl (C=O) groups excluding carboxylic acids is 3. The highest BCUT2D eigenvalue weighted by Crippen LogP contribution is 2.14. The van der Waals surface area contributed by atoms with Crippen LogP contribution in [0.2, 0.25) is 0 Å². The molecule has 0 aromatic rings. The first-order valence-corrected chi connectivity index (χ1v) is 27.5. The predicted molar refractivity (Wildman–Crippen MR) is 288 cm³/mol. The van der Waals surface area contributed by atoms with Crippen LogP contribution in [0.25, 0.3) is 0 Å². The van der Waals surface area contributed by atoms with Crippen molar-refractivity contribution in [1.29, 1.82) is 0 Å². The molecule has 1 unspecified atom stereocenters. The first-order valence-electron chi connectivity index (χ1n) is 27.5. The van der Waals surface area contributed by atoms with Crippen LogP contribution >= 0.6 is 0 Å². The molecule has 1 atom stereocenters. The summed E-state index contributed by atoms with van der Waals surface area (Å²) in [4.78, 5) is 38.1. The van der Waals surface area contributed by atoms with Crippen molar-refractivity contribution in [3.63, 3.8) is 0 Å². The van der Waals surface area contributed by atoms with E-state index in [1.165, 1.54) is 83.5 Å². The van der Waals surface area contributed by atoms with E-state index in [0.717, 1.165) is 116 Å². The van der Waals surface area contributed by atoms with Crippen molar-refractivity contribution < 1.29 is 28.6 Å². The van der Waals surface area contributed by atoms with E-state index in [1.54, 1.807) is 0 Å². The molecule has 0 heterocycles. The van der Waals surface area contributed by atoms with Gasteiger partial charge in [0.05, 0.1) is 0 Å². The molecule has 6 nitrogen and oxygen atoms in total.